The lowest BCUT2D eigenvalue weighted by Gasteiger charge is -2.02. The molecule has 0 aliphatic carbocycles. The third-order valence-corrected chi connectivity index (χ3v) is 5.92. The number of aryl methyl sites for hydroxylation is 2. The molecule has 0 unspecified atom stereocenters. The van der Waals surface area contributed by atoms with Crippen molar-refractivity contribution in [2.75, 3.05) is 0 Å². The first-order valence-corrected chi connectivity index (χ1v) is 8.25. The van der Waals surface area contributed by atoms with Gasteiger partial charge in [-0.1, -0.05) is 0 Å². The van der Waals surface area contributed by atoms with Crippen LogP contribution >= 0.6 is 59.1 Å². The number of Topliss-reactive ketones (excluding diaryl/α,β-unsaturated/α-hetero) is 1. The average molecular weight is 457 g/mol. The summed E-state index contributed by atoms with van der Waals surface area (Å²) in [4.78, 5) is 12.3. The van der Waals surface area contributed by atoms with E-state index in [0.29, 0.717) is 12.0 Å². The first-order valence-electron chi connectivity index (χ1n) is 5.06. The van der Waals surface area contributed by atoms with E-state index in [4.69, 9.17) is 0 Å². The molecule has 0 radical (unpaired) electrons. The smallest absolute Gasteiger partial charge is 0.170 e. The van der Waals surface area contributed by atoms with Crippen molar-refractivity contribution in [1.82, 2.24) is 9.78 Å². The first kappa shape index (κ1) is 14.4. The van der Waals surface area contributed by atoms with E-state index in [1.54, 1.807) is 4.68 Å². The summed E-state index contributed by atoms with van der Waals surface area (Å²) in [7, 11) is 1.85. The van der Waals surface area contributed by atoms with Crippen LogP contribution < -0.4 is 0 Å². The van der Waals surface area contributed by atoms with Gasteiger partial charge in [-0.15, -0.1) is 11.3 Å². The Balaban J connectivity index is 2.29. The van der Waals surface area contributed by atoms with Gasteiger partial charge in [-0.2, -0.15) is 5.10 Å². The van der Waals surface area contributed by atoms with E-state index in [0.717, 1.165) is 23.4 Å². The Morgan fingerprint density at radius 3 is 2.56 bits per heavy atom. The van der Waals surface area contributed by atoms with E-state index in [2.05, 4.69) is 52.9 Å². The number of carbonyl (C=O) groups is 1. The van der Waals surface area contributed by atoms with Crippen molar-refractivity contribution < 1.29 is 4.79 Å². The Morgan fingerprint density at radius 2 is 2.11 bits per heavy atom. The van der Waals surface area contributed by atoms with E-state index in [1.807, 2.05) is 20.0 Å². The maximum atomic E-state index is 12.3. The van der Waals surface area contributed by atoms with Gasteiger partial charge in [0.1, 0.15) is 0 Å². The molecule has 0 saturated carbocycles. The van der Waals surface area contributed by atoms with Gasteiger partial charge in [0.05, 0.1) is 29.9 Å². The molecule has 3 nitrogen and oxygen atoms in total. The topological polar surface area (TPSA) is 34.9 Å². The molecule has 0 spiro atoms. The van der Waals surface area contributed by atoms with E-state index < -0.39 is 0 Å². The molecule has 0 atom stereocenters. The Labute approximate surface area is 134 Å². The summed E-state index contributed by atoms with van der Waals surface area (Å²) in [5.41, 5.74) is 2.50. The van der Waals surface area contributed by atoms with Crippen molar-refractivity contribution in [3.05, 3.63) is 35.1 Å². The van der Waals surface area contributed by atoms with Gasteiger partial charge in [0, 0.05) is 12.6 Å². The molecule has 2 heterocycles. The van der Waals surface area contributed by atoms with Crippen LogP contribution in [0.15, 0.2) is 18.1 Å². The number of thiophene rings is 1. The zero-order chi connectivity index (χ0) is 13.4. The van der Waals surface area contributed by atoms with Gasteiger partial charge < -0.3 is 0 Å². The van der Waals surface area contributed by atoms with Crippen molar-refractivity contribution >= 4 is 64.9 Å². The Morgan fingerprint density at radius 1 is 1.44 bits per heavy atom. The molecular weight excluding hydrogens is 448 g/mol. The minimum Gasteiger partial charge on any atom is -0.294 e. The van der Waals surface area contributed by atoms with E-state index in [-0.39, 0.29) is 5.78 Å². The number of nitrogens with zero attached hydrogens (tertiary/aromatic N) is 2. The second-order valence-electron chi connectivity index (χ2n) is 3.81. The number of carbonyl (C=O) groups excluding carboxylic acids is 1. The van der Waals surface area contributed by atoms with Gasteiger partial charge in [0.25, 0.3) is 0 Å². The maximum absolute atomic E-state index is 12.3. The van der Waals surface area contributed by atoms with Gasteiger partial charge in [-0.05, 0) is 60.8 Å². The van der Waals surface area contributed by atoms with E-state index in [1.165, 1.54) is 11.3 Å². The third-order valence-electron chi connectivity index (χ3n) is 2.55. The number of hydrogen-bond acceptors (Lipinski definition) is 3. The lowest BCUT2D eigenvalue weighted by Crippen LogP contribution is -2.08. The fourth-order valence-electron chi connectivity index (χ4n) is 1.65. The molecule has 18 heavy (non-hydrogen) atoms. The highest BCUT2D eigenvalue weighted by Crippen LogP contribution is 2.33. The standard InChI is InChI=1S/C11H9Br3N2OS/c1-5-10(13)7(16(2)15-5)4-8(17)6-3-9(12)18-11(6)14/h3H,4H2,1-2H3. The van der Waals surface area contributed by atoms with Crippen LogP contribution in [-0.2, 0) is 13.5 Å². The lowest BCUT2D eigenvalue weighted by molar-refractivity contribution is 0.0990. The molecule has 0 aliphatic heterocycles. The molecule has 0 saturated heterocycles. The van der Waals surface area contributed by atoms with E-state index in [9.17, 15) is 4.79 Å². The summed E-state index contributed by atoms with van der Waals surface area (Å²) < 4.78 is 4.45. The quantitative estimate of drug-likeness (QED) is 0.637. The Hall–Kier alpha value is 0.0200. The van der Waals surface area contributed by atoms with Crippen molar-refractivity contribution in [3.63, 3.8) is 0 Å². The minimum atomic E-state index is 0.0764. The second-order valence-corrected chi connectivity index (χ2v) is 8.35. The SMILES string of the molecule is Cc1nn(C)c(CC(=O)c2cc(Br)sc2Br)c1Br. The number of ketones is 1. The largest absolute Gasteiger partial charge is 0.294 e. The third kappa shape index (κ3) is 2.79. The van der Waals surface area contributed by atoms with Gasteiger partial charge in [0.15, 0.2) is 5.78 Å². The number of rotatable bonds is 3. The van der Waals surface area contributed by atoms with Gasteiger partial charge in [-0.3, -0.25) is 9.48 Å². The lowest BCUT2D eigenvalue weighted by atomic mass is 10.1. The van der Waals surface area contributed by atoms with Crippen LogP contribution in [-0.4, -0.2) is 15.6 Å². The summed E-state index contributed by atoms with van der Waals surface area (Å²) in [6, 6.07) is 1.84. The normalized spacial score (nSPS) is 10.9. The molecule has 0 bridgehead atoms. The number of aromatic nitrogens is 2. The zero-order valence-corrected chi connectivity index (χ0v) is 15.2. The molecule has 2 aromatic heterocycles. The molecule has 7 heteroatoms. The highest BCUT2D eigenvalue weighted by molar-refractivity contribution is 9.12. The predicted octanol–water partition coefficient (Wildman–Crippen LogP) is 4.50. The average Bonchev–Trinajstić information content (AvgIpc) is 2.73. The fraction of sp³-hybridized carbons (Fsp3) is 0.273. The van der Waals surface area contributed by atoms with Gasteiger partial charge in [-0.25, -0.2) is 0 Å². The predicted molar refractivity (Wildman–Crippen MR) is 83.4 cm³/mol. The van der Waals surface area contributed by atoms with Crippen LogP contribution in [0.1, 0.15) is 21.7 Å². The minimum absolute atomic E-state index is 0.0764. The summed E-state index contributed by atoms with van der Waals surface area (Å²) in [6.07, 6.45) is 0.333. The summed E-state index contributed by atoms with van der Waals surface area (Å²) in [5.74, 6) is 0.0764. The Bertz CT molecular complexity index is 618. The molecule has 0 aliphatic rings. The van der Waals surface area contributed by atoms with Crippen LogP contribution in [0.3, 0.4) is 0 Å². The number of halogens is 3. The second kappa shape index (κ2) is 5.56. The monoisotopic (exact) mass is 454 g/mol. The van der Waals surface area contributed by atoms with Gasteiger partial charge in [0.2, 0.25) is 0 Å². The van der Waals surface area contributed by atoms with Crippen LogP contribution in [0.25, 0.3) is 0 Å². The van der Waals surface area contributed by atoms with Crippen LogP contribution in [0, 0.1) is 6.92 Å². The summed E-state index contributed by atoms with van der Waals surface area (Å²) in [5, 5.41) is 4.28. The molecule has 0 amide bonds. The maximum Gasteiger partial charge on any atom is 0.170 e. The fourth-order valence-corrected chi connectivity index (χ4v) is 4.98. The van der Waals surface area contributed by atoms with Crippen LogP contribution in [0.2, 0.25) is 0 Å². The molecule has 96 valence electrons. The van der Waals surface area contributed by atoms with Crippen LogP contribution in [0.5, 0.6) is 0 Å². The number of hydrogen-bond donors (Lipinski definition) is 0. The van der Waals surface area contributed by atoms with Crippen LogP contribution in [0.4, 0.5) is 0 Å². The van der Waals surface area contributed by atoms with Crippen molar-refractivity contribution in [2.24, 2.45) is 7.05 Å². The molecule has 0 fully saturated rings. The van der Waals surface area contributed by atoms with Crippen molar-refractivity contribution in [2.45, 2.75) is 13.3 Å². The first-order chi connectivity index (χ1) is 8.40. The summed E-state index contributed by atoms with van der Waals surface area (Å²) in [6.45, 7) is 1.91. The molecule has 0 N–H and O–H groups in total. The molecule has 2 rings (SSSR count). The van der Waals surface area contributed by atoms with E-state index >= 15 is 0 Å². The molecular formula is C11H9Br3N2OS. The molecule has 0 aromatic carbocycles. The molecule has 2 aromatic rings. The Kier molecular flexibility index (Phi) is 4.46. The highest BCUT2D eigenvalue weighted by atomic mass is 79.9. The van der Waals surface area contributed by atoms with Gasteiger partial charge >= 0.3 is 0 Å². The highest BCUT2D eigenvalue weighted by Gasteiger charge is 2.18. The van der Waals surface area contributed by atoms with Crippen molar-refractivity contribution in [1.29, 1.82) is 0 Å². The zero-order valence-electron chi connectivity index (χ0n) is 9.63. The van der Waals surface area contributed by atoms with Crippen molar-refractivity contribution in [3.8, 4) is 0 Å². The summed E-state index contributed by atoms with van der Waals surface area (Å²) >= 11 is 11.8.